The summed E-state index contributed by atoms with van der Waals surface area (Å²) in [5, 5.41) is 11.6. The molecule has 0 atom stereocenters. The minimum Gasteiger partial charge on any atom is -0.299 e. The number of likely N-dealkylation sites (tertiary alicyclic amines) is 1. The van der Waals surface area contributed by atoms with E-state index in [2.05, 4.69) is 40.2 Å². The monoisotopic (exact) mass is 273 g/mol. The number of hydrogen-bond donors (Lipinski definition) is 1. The van der Waals surface area contributed by atoms with Crippen LogP contribution >= 0.6 is 0 Å². The molecule has 0 unspecified atom stereocenters. The molecule has 5 heteroatoms. The molecular formula is C15H23N5. The van der Waals surface area contributed by atoms with Crippen molar-refractivity contribution in [3.8, 4) is 0 Å². The first kappa shape index (κ1) is 13.4. The molecule has 2 aromatic rings. The van der Waals surface area contributed by atoms with E-state index in [0.29, 0.717) is 0 Å². The number of nitrogens with one attached hydrogen (secondary N) is 1. The standard InChI is InChI=1S/C15H23N5/c1-12-8-16-18-14(12)15(2)4-6-20(7-5-15)11-13-9-17-19(3)10-13/h8-10H,4-7,11H2,1-3H3,(H,16,18). The van der Waals surface area contributed by atoms with Gasteiger partial charge in [0.05, 0.1) is 12.4 Å². The van der Waals surface area contributed by atoms with Crippen LogP contribution in [-0.2, 0) is 19.0 Å². The van der Waals surface area contributed by atoms with E-state index in [4.69, 9.17) is 0 Å². The van der Waals surface area contributed by atoms with Crippen molar-refractivity contribution >= 4 is 0 Å². The van der Waals surface area contributed by atoms with Crippen molar-refractivity contribution in [1.29, 1.82) is 0 Å². The molecule has 0 spiro atoms. The summed E-state index contributed by atoms with van der Waals surface area (Å²) in [5.74, 6) is 0. The van der Waals surface area contributed by atoms with E-state index in [1.165, 1.54) is 29.7 Å². The molecule has 1 aliphatic heterocycles. The van der Waals surface area contributed by atoms with Crippen LogP contribution in [0.1, 0.15) is 36.6 Å². The number of hydrogen-bond acceptors (Lipinski definition) is 3. The SMILES string of the molecule is Cc1cn[nH]c1C1(C)CCN(Cc2cnn(C)c2)CC1. The van der Waals surface area contributed by atoms with Gasteiger partial charge in [-0.05, 0) is 38.4 Å². The zero-order valence-corrected chi connectivity index (χ0v) is 12.6. The van der Waals surface area contributed by atoms with Gasteiger partial charge in [0.25, 0.3) is 0 Å². The summed E-state index contributed by atoms with van der Waals surface area (Å²) in [5.41, 5.74) is 4.15. The predicted molar refractivity (Wildman–Crippen MR) is 78.4 cm³/mol. The van der Waals surface area contributed by atoms with Crippen molar-refractivity contribution in [2.24, 2.45) is 7.05 Å². The largest absolute Gasteiger partial charge is 0.299 e. The number of aromatic nitrogens is 4. The molecule has 0 saturated carbocycles. The summed E-state index contributed by atoms with van der Waals surface area (Å²) in [6.45, 7) is 7.76. The van der Waals surface area contributed by atoms with Crippen LogP contribution in [-0.4, -0.2) is 38.0 Å². The fourth-order valence-corrected chi connectivity index (χ4v) is 3.22. The molecule has 1 N–H and O–H groups in total. The Balaban J connectivity index is 1.63. The lowest BCUT2D eigenvalue weighted by molar-refractivity contribution is 0.159. The Labute approximate surface area is 120 Å². The summed E-state index contributed by atoms with van der Waals surface area (Å²) >= 11 is 0. The fourth-order valence-electron chi connectivity index (χ4n) is 3.22. The van der Waals surface area contributed by atoms with Gasteiger partial charge in [-0.2, -0.15) is 10.2 Å². The third kappa shape index (κ3) is 2.50. The fraction of sp³-hybridized carbons (Fsp3) is 0.600. The molecule has 108 valence electrons. The van der Waals surface area contributed by atoms with Crippen molar-refractivity contribution in [3.05, 3.63) is 35.4 Å². The van der Waals surface area contributed by atoms with Gasteiger partial charge < -0.3 is 0 Å². The van der Waals surface area contributed by atoms with Crippen LogP contribution in [0.4, 0.5) is 0 Å². The summed E-state index contributed by atoms with van der Waals surface area (Å²) in [6, 6.07) is 0. The second kappa shape index (κ2) is 5.05. The maximum Gasteiger partial charge on any atom is 0.0534 e. The molecule has 2 aromatic heterocycles. The summed E-state index contributed by atoms with van der Waals surface area (Å²) < 4.78 is 1.87. The van der Waals surface area contributed by atoms with E-state index in [0.717, 1.165) is 19.6 Å². The van der Waals surface area contributed by atoms with E-state index >= 15 is 0 Å². The molecule has 0 radical (unpaired) electrons. The van der Waals surface area contributed by atoms with Crippen LogP contribution in [0.15, 0.2) is 18.6 Å². The highest BCUT2D eigenvalue weighted by Crippen LogP contribution is 2.35. The minimum atomic E-state index is 0.242. The lowest BCUT2D eigenvalue weighted by atomic mass is 9.76. The van der Waals surface area contributed by atoms with Gasteiger partial charge in [-0.25, -0.2) is 0 Å². The van der Waals surface area contributed by atoms with E-state index in [-0.39, 0.29) is 5.41 Å². The zero-order valence-electron chi connectivity index (χ0n) is 12.6. The first-order valence-corrected chi connectivity index (χ1v) is 7.27. The van der Waals surface area contributed by atoms with Crippen LogP contribution in [0.25, 0.3) is 0 Å². The maximum absolute atomic E-state index is 4.24. The number of H-pyrrole nitrogens is 1. The highest BCUT2D eigenvalue weighted by Gasteiger charge is 2.34. The number of aromatic amines is 1. The molecule has 3 rings (SSSR count). The third-order valence-electron chi connectivity index (χ3n) is 4.56. The Hall–Kier alpha value is -1.62. The van der Waals surface area contributed by atoms with Gasteiger partial charge >= 0.3 is 0 Å². The molecule has 0 bridgehead atoms. The van der Waals surface area contributed by atoms with E-state index in [1.807, 2.05) is 24.1 Å². The van der Waals surface area contributed by atoms with Gasteiger partial charge in [0.1, 0.15) is 0 Å². The number of aryl methyl sites for hydroxylation is 2. The Morgan fingerprint density at radius 1 is 1.30 bits per heavy atom. The number of rotatable bonds is 3. The van der Waals surface area contributed by atoms with Crippen molar-refractivity contribution in [1.82, 2.24) is 24.9 Å². The quantitative estimate of drug-likeness (QED) is 0.930. The second-order valence-electron chi connectivity index (χ2n) is 6.29. The van der Waals surface area contributed by atoms with Crippen molar-refractivity contribution < 1.29 is 0 Å². The van der Waals surface area contributed by atoms with Gasteiger partial charge in [-0.15, -0.1) is 0 Å². The van der Waals surface area contributed by atoms with Crippen LogP contribution in [0.5, 0.6) is 0 Å². The summed E-state index contributed by atoms with van der Waals surface area (Å²) in [6.07, 6.45) is 8.36. The molecule has 0 amide bonds. The molecule has 1 fully saturated rings. The molecule has 5 nitrogen and oxygen atoms in total. The van der Waals surface area contributed by atoms with Crippen molar-refractivity contribution in [2.45, 2.75) is 38.6 Å². The van der Waals surface area contributed by atoms with Crippen molar-refractivity contribution in [3.63, 3.8) is 0 Å². The second-order valence-corrected chi connectivity index (χ2v) is 6.29. The Bertz CT molecular complexity index is 575. The Morgan fingerprint density at radius 3 is 2.60 bits per heavy atom. The molecule has 1 saturated heterocycles. The average molecular weight is 273 g/mol. The Morgan fingerprint density at radius 2 is 2.05 bits per heavy atom. The lowest BCUT2D eigenvalue weighted by Gasteiger charge is -2.39. The minimum absolute atomic E-state index is 0.242. The predicted octanol–water partition coefficient (Wildman–Crippen LogP) is 2.01. The normalized spacial score (nSPS) is 19.4. The highest BCUT2D eigenvalue weighted by molar-refractivity contribution is 5.24. The van der Waals surface area contributed by atoms with Gasteiger partial charge in [-0.3, -0.25) is 14.7 Å². The third-order valence-corrected chi connectivity index (χ3v) is 4.56. The molecule has 0 aliphatic carbocycles. The van der Waals surface area contributed by atoms with Crippen LogP contribution in [0.3, 0.4) is 0 Å². The zero-order chi connectivity index (χ0) is 14.2. The lowest BCUT2D eigenvalue weighted by Crippen LogP contribution is -2.41. The topological polar surface area (TPSA) is 49.7 Å². The van der Waals surface area contributed by atoms with Crippen LogP contribution in [0, 0.1) is 6.92 Å². The van der Waals surface area contributed by atoms with E-state index in [9.17, 15) is 0 Å². The Kier molecular flexibility index (Phi) is 3.38. The number of nitrogens with zero attached hydrogens (tertiary/aromatic N) is 4. The van der Waals surface area contributed by atoms with Gasteiger partial charge in [0.15, 0.2) is 0 Å². The average Bonchev–Trinajstić information content (AvgIpc) is 3.02. The summed E-state index contributed by atoms with van der Waals surface area (Å²) in [7, 11) is 1.97. The highest BCUT2D eigenvalue weighted by atomic mass is 15.2. The van der Waals surface area contributed by atoms with Gasteiger partial charge in [0, 0.05) is 36.5 Å². The van der Waals surface area contributed by atoms with E-state index < -0.39 is 0 Å². The first-order valence-electron chi connectivity index (χ1n) is 7.27. The van der Waals surface area contributed by atoms with Gasteiger partial charge in [-0.1, -0.05) is 6.92 Å². The first-order chi connectivity index (χ1) is 9.57. The molecule has 20 heavy (non-hydrogen) atoms. The molecule has 0 aromatic carbocycles. The number of piperidine rings is 1. The van der Waals surface area contributed by atoms with E-state index in [1.54, 1.807) is 0 Å². The smallest absolute Gasteiger partial charge is 0.0534 e. The summed E-state index contributed by atoms with van der Waals surface area (Å²) in [4.78, 5) is 2.52. The van der Waals surface area contributed by atoms with Crippen LogP contribution in [0.2, 0.25) is 0 Å². The molecule has 3 heterocycles. The molecular weight excluding hydrogens is 250 g/mol. The van der Waals surface area contributed by atoms with Crippen molar-refractivity contribution in [2.75, 3.05) is 13.1 Å². The molecule has 1 aliphatic rings. The van der Waals surface area contributed by atoms with Gasteiger partial charge in [0.2, 0.25) is 0 Å². The maximum atomic E-state index is 4.24. The van der Waals surface area contributed by atoms with Crippen LogP contribution < -0.4 is 0 Å².